The van der Waals surface area contributed by atoms with Crippen LogP contribution in [0.1, 0.15) is 0 Å². The van der Waals surface area contributed by atoms with Crippen LogP contribution in [0.3, 0.4) is 0 Å². The Labute approximate surface area is 174 Å². The van der Waals surface area contributed by atoms with Crippen molar-refractivity contribution in [3.8, 4) is 56.9 Å². The van der Waals surface area contributed by atoms with Gasteiger partial charge in [-0.05, 0) is 66.7 Å². The Kier molecular flexibility index (Phi) is 5.22. The first-order valence-electron chi connectivity index (χ1n) is 9.27. The maximum atomic E-state index is 10.3. The van der Waals surface area contributed by atoms with Crippen molar-refractivity contribution in [2.75, 3.05) is 14.2 Å². The number of aromatic nitrogens is 2. The summed E-state index contributed by atoms with van der Waals surface area (Å²) in [6.45, 7) is 0. The minimum absolute atomic E-state index is 0.0297. The molecule has 0 spiro atoms. The lowest BCUT2D eigenvalue weighted by atomic mass is 10.1. The van der Waals surface area contributed by atoms with Crippen molar-refractivity contribution >= 4 is 0 Å². The highest BCUT2D eigenvalue weighted by Gasteiger charge is 2.14. The first kappa shape index (κ1) is 19.3. The van der Waals surface area contributed by atoms with Gasteiger partial charge in [-0.3, -0.25) is 0 Å². The Hall–Kier alpha value is -4.06. The highest BCUT2D eigenvalue weighted by atomic mass is 16.5. The zero-order valence-corrected chi connectivity index (χ0v) is 16.5. The molecule has 4 rings (SSSR count). The second kappa shape index (κ2) is 8.13. The predicted octanol–water partition coefficient (Wildman–Crippen LogP) is 4.91. The van der Waals surface area contributed by atoms with Gasteiger partial charge in [0.15, 0.2) is 5.82 Å². The molecule has 0 saturated carbocycles. The average molecular weight is 400 g/mol. The van der Waals surface area contributed by atoms with E-state index in [4.69, 9.17) is 9.47 Å². The van der Waals surface area contributed by atoms with Crippen LogP contribution in [0.25, 0.3) is 33.9 Å². The zero-order valence-electron chi connectivity index (χ0n) is 16.5. The summed E-state index contributed by atoms with van der Waals surface area (Å²) >= 11 is 0. The lowest BCUT2D eigenvalue weighted by Gasteiger charge is -2.11. The molecular weight excluding hydrogens is 380 g/mol. The van der Waals surface area contributed by atoms with E-state index in [1.807, 2.05) is 54.6 Å². The first-order valence-corrected chi connectivity index (χ1v) is 9.27. The van der Waals surface area contributed by atoms with Gasteiger partial charge in [-0.1, -0.05) is 0 Å². The van der Waals surface area contributed by atoms with Crippen LogP contribution in [0.5, 0.6) is 23.0 Å². The average Bonchev–Trinajstić information content (AvgIpc) is 2.79. The van der Waals surface area contributed by atoms with Gasteiger partial charge < -0.3 is 19.7 Å². The molecule has 2 N–H and O–H groups in total. The maximum absolute atomic E-state index is 10.3. The molecule has 0 saturated heterocycles. The first-order chi connectivity index (χ1) is 14.6. The lowest BCUT2D eigenvalue weighted by molar-refractivity contribution is 0.415. The molecule has 1 heterocycles. The number of phenols is 2. The van der Waals surface area contributed by atoms with Crippen molar-refractivity contribution in [3.63, 3.8) is 0 Å². The number of ether oxygens (including phenoxy) is 2. The van der Waals surface area contributed by atoms with Crippen LogP contribution >= 0.6 is 0 Å². The summed E-state index contributed by atoms with van der Waals surface area (Å²) in [7, 11) is 3.24. The summed E-state index contributed by atoms with van der Waals surface area (Å²) in [5, 5.41) is 20.0. The van der Waals surface area contributed by atoms with Gasteiger partial charge in [-0.25, -0.2) is 9.97 Å². The van der Waals surface area contributed by atoms with Crippen LogP contribution < -0.4 is 9.47 Å². The number of hydrogen-bond donors (Lipinski definition) is 2. The van der Waals surface area contributed by atoms with Crippen molar-refractivity contribution in [2.45, 2.75) is 0 Å². The molecule has 4 aromatic rings. The second-order valence-corrected chi connectivity index (χ2v) is 6.62. The number of hydrogen-bond acceptors (Lipinski definition) is 6. The Bertz CT molecular complexity index is 1110. The molecule has 0 unspecified atom stereocenters. The Morgan fingerprint density at radius 1 is 0.633 bits per heavy atom. The fourth-order valence-electron chi connectivity index (χ4n) is 3.10. The predicted molar refractivity (Wildman–Crippen MR) is 115 cm³/mol. The summed E-state index contributed by atoms with van der Waals surface area (Å²) < 4.78 is 10.5. The molecule has 0 amide bonds. The monoisotopic (exact) mass is 400 g/mol. The molecule has 0 aliphatic heterocycles. The number of aromatic hydroxyl groups is 2. The standard InChI is InChI=1S/C24H20N2O4/c1-29-18-8-3-15(4-9-18)21-14-22(16-5-10-19(30-2)11-6-16)26-24(25-21)20-12-7-17(27)13-23(20)28/h3-14,27-28H,1-2H3. The van der Waals surface area contributed by atoms with Gasteiger partial charge in [-0.15, -0.1) is 0 Å². The number of benzene rings is 3. The van der Waals surface area contributed by atoms with Crippen LogP contribution in [0.4, 0.5) is 0 Å². The fourth-order valence-corrected chi connectivity index (χ4v) is 3.10. The molecule has 0 bridgehead atoms. The van der Waals surface area contributed by atoms with E-state index >= 15 is 0 Å². The molecule has 0 atom stereocenters. The molecule has 0 radical (unpaired) electrons. The van der Waals surface area contributed by atoms with Gasteiger partial charge in [0.05, 0.1) is 31.2 Å². The highest BCUT2D eigenvalue weighted by Crippen LogP contribution is 2.34. The molecule has 3 aromatic carbocycles. The summed E-state index contributed by atoms with van der Waals surface area (Å²) in [5.74, 6) is 1.73. The van der Waals surface area contributed by atoms with Crippen LogP contribution in [0, 0.1) is 0 Å². The van der Waals surface area contributed by atoms with Gasteiger partial charge in [0.2, 0.25) is 0 Å². The third-order valence-electron chi connectivity index (χ3n) is 4.72. The summed E-state index contributed by atoms with van der Waals surface area (Å²) in [5.41, 5.74) is 3.58. The van der Waals surface area contributed by atoms with E-state index < -0.39 is 0 Å². The number of rotatable bonds is 5. The molecular formula is C24H20N2O4. The summed E-state index contributed by atoms with van der Waals surface area (Å²) in [4.78, 5) is 9.32. The van der Waals surface area contributed by atoms with Crippen molar-refractivity contribution in [2.24, 2.45) is 0 Å². The minimum atomic E-state index is -0.0949. The maximum Gasteiger partial charge on any atom is 0.164 e. The number of phenolic OH excluding ortho intramolecular Hbond substituents is 2. The van der Waals surface area contributed by atoms with Crippen LogP contribution in [-0.2, 0) is 0 Å². The summed E-state index contributed by atoms with van der Waals surface area (Å²) in [6.07, 6.45) is 0. The topological polar surface area (TPSA) is 84.7 Å². The van der Waals surface area contributed by atoms with Crippen LogP contribution in [0.15, 0.2) is 72.8 Å². The van der Waals surface area contributed by atoms with Crippen molar-refractivity contribution in [3.05, 3.63) is 72.8 Å². The molecule has 30 heavy (non-hydrogen) atoms. The van der Waals surface area contributed by atoms with E-state index in [0.29, 0.717) is 22.8 Å². The molecule has 6 heteroatoms. The Morgan fingerprint density at radius 2 is 1.13 bits per heavy atom. The van der Waals surface area contributed by atoms with Crippen LogP contribution in [0.2, 0.25) is 0 Å². The fraction of sp³-hybridized carbons (Fsp3) is 0.0833. The van der Waals surface area contributed by atoms with E-state index in [1.54, 1.807) is 20.3 Å². The van der Waals surface area contributed by atoms with E-state index in [-0.39, 0.29) is 11.5 Å². The molecule has 0 aliphatic rings. The van der Waals surface area contributed by atoms with E-state index in [0.717, 1.165) is 22.6 Å². The molecule has 0 aliphatic carbocycles. The van der Waals surface area contributed by atoms with Gasteiger partial charge in [-0.2, -0.15) is 0 Å². The van der Waals surface area contributed by atoms with Gasteiger partial charge in [0.1, 0.15) is 23.0 Å². The molecule has 150 valence electrons. The Balaban J connectivity index is 1.88. The van der Waals surface area contributed by atoms with Gasteiger partial charge in [0.25, 0.3) is 0 Å². The molecule has 6 nitrogen and oxygen atoms in total. The van der Waals surface area contributed by atoms with Gasteiger partial charge in [0, 0.05) is 17.2 Å². The number of nitrogens with zero attached hydrogens (tertiary/aromatic N) is 2. The Morgan fingerprint density at radius 3 is 1.57 bits per heavy atom. The second-order valence-electron chi connectivity index (χ2n) is 6.62. The number of methoxy groups -OCH3 is 2. The van der Waals surface area contributed by atoms with E-state index in [2.05, 4.69) is 9.97 Å². The minimum Gasteiger partial charge on any atom is -0.508 e. The lowest BCUT2D eigenvalue weighted by Crippen LogP contribution is -1.96. The van der Waals surface area contributed by atoms with Gasteiger partial charge >= 0.3 is 0 Å². The molecule has 0 fully saturated rings. The normalized spacial score (nSPS) is 10.6. The third-order valence-corrected chi connectivity index (χ3v) is 4.72. The van der Waals surface area contributed by atoms with Crippen LogP contribution in [-0.4, -0.2) is 34.4 Å². The highest BCUT2D eigenvalue weighted by molar-refractivity contribution is 5.74. The largest absolute Gasteiger partial charge is 0.508 e. The zero-order chi connectivity index (χ0) is 21.1. The third kappa shape index (κ3) is 3.89. The quantitative estimate of drug-likeness (QED) is 0.495. The van der Waals surface area contributed by atoms with Crippen molar-refractivity contribution in [1.82, 2.24) is 9.97 Å². The smallest absolute Gasteiger partial charge is 0.164 e. The van der Waals surface area contributed by atoms with Crippen molar-refractivity contribution in [1.29, 1.82) is 0 Å². The van der Waals surface area contributed by atoms with E-state index in [9.17, 15) is 10.2 Å². The molecule has 1 aromatic heterocycles. The SMILES string of the molecule is COc1ccc(-c2cc(-c3ccc(OC)cc3)nc(-c3ccc(O)cc3O)n2)cc1. The summed E-state index contributed by atoms with van der Waals surface area (Å²) in [6, 6.07) is 21.4. The van der Waals surface area contributed by atoms with E-state index in [1.165, 1.54) is 12.1 Å². The van der Waals surface area contributed by atoms with Crippen molar-refractivity contribution < 1.29 is 19.7 Å².